The molecule has 18 heavy (non-hydrogen) atoms. The molecular weight excluding hydrogens is 232 g/mol. The molecule has 0 aromatic rings. The van der Waals surface area contributed by atoms with Gasteiger partial charge in [-0.15, -0.1) is 0 Å². The van der Waals surface area contributed by atoms with Crippen molar-refractivity contribution < 1.29 is 15.0 Å². The molecule has 1 saturated heterocycles. The fourth-order valence-electron chi connectivity index (χ4n) is 2.65. The Bertz CT molecular complexity index is 251. The molecule has 2 N–H and O–H groups in total. The lowest BCUT2D eigenvalue weighted by atomic mass is 9.98. The monoisotopic (exact) mass is 258 g/mol. The number of amides is 2. The highest BCUT2D eigenvalue weighted by molar-refractivity contribution is 5.75. The molecular formula is C13H26N2O3. The molecule has 1 aliphatic heterocycles. The lowest BCUT2D eigenvalue weighted by Gasteiger charge is -2.41. The first-order chi connectivity index (χ1) is 8.61. The van der Waals surface area contributed by atoms with Crippen LogP contribution in [0.4, 0.5) is 4.79 Å². The number of carbonyl (C=O) groups is 1. The number of urea groups is 1. The number of carbonyl (C=O) groups excluding carboxylic acids is 1. The standard InChI is InChI=1S/C13H26N2O3/c1-11-5-3-6-12(2)15(11)13(18)14(8-10-17)7-4-9-16/h11-12,16-17H,3-10H2,1-2H3/t11-,12-/m1/s1. The van der Waals surface area contributed by atoms with E-state index in [9.17, 15) is 4.79 Å². The zero-order valence-corrected chi connectivity index (χ0v) is 11.5. The van der Waals surface area contributed by atoms with E-state index in [4.69, 9.17) is 10.2 Å². The fraction of sp³-hybridized carbons (Fsp3) is 0.923. The second-order valence-electron chi connectivity index (χ2n) is 5.11. The number of hydrogen-bond donors (Lipinski definition) is 2. The van der Waals surface area contributed by atoms with Gasteiger partial charge in [-0.05, 0) is 39.5 Å². The zero-order chi connectivity index (χ0) is 13.5. The van der Waals surface area contributed by atoms with Crippen molar-refractivity contribution in [1.82, 2.24) is 9.80 Å². The number of rotatable bonds is 5. The van der Waals surface area contributed by atoms with Gasteiger partial charge in [0.15, 0.2) is 0 Å². The van der Waals surface area contributed by atoms with Gasteiger partial charge in [-0.3, -0.25) is 0 Å². The van der Waals surface area contributed by atoms with Crippen molar-refractivity contribution in [2.24, 2.45) is 0 Å². The molecule has 5 heteroatoms. The predicted molar refractivity (Wildman–Crippen MR) is 70.4 cm³/mol. The molecule has 0 spiro atoms. The maximum Gasteiger partial charge on any atom is 0.320 e. The van der Waals surface area contributed by atoms with Crippen molar-refractivity contribution in [1.29, 1.82) is 0 Å². The van der Waals surface area contributed by atoms with Gasteiger partial charge in [0, 0.05) is 31.8 Å². The van der Waals surface area contributed by atoms with E-state index in [2.05, 4.69) is 13.8 Å². The number of nitrogens with zero attached hydrogens (tertiary/aromatic N) is 2. The van der Waals surface area contributed by atoms with Gasteiger partial charge in [0.05, 0.1) is 6.61 Å². The van der Waals surface area contributed by atoms with Gasteiger partial charge in [-0.2, -0.15) is 0 Å². The molecule has 5 nitrogen and oxygen atoms in total. The van der Waals surface area contributed by atoms with Crippen LogP contribution >= 0.6 is 0 Å². The van der Waals surface area contributed by atoms with Gasteiger partial charge in [0.1, 0.15) is 0 Å². The van der Waals surface area contributed by atoms with Gasteiger partial charge >= 0.3 is 6.03 Å². The van der Waals surface area contributed by atoms with Gasteiger partial charge in [-0.25, -0.2) is 4.79 Å². The van der Waals surface area contributed by atoms with Crippen molar-refractivity contribution in [3.63, 3.8) is 0 Å². The number of aliphatic hydroxyl groups is 2. The molecule has 0 aromatic carbocycles. The third kappa shape index (κ3) is 3.85. The number of likely N-dealkylation sites (tertiary alicyclic amines) is 1. The Balaban J connectivity index is 2.67. The molecule has 106 valence electrons. The largest absolute Gasteiger partial charge is 0.396 e. The minimum absolute atomic E-state index is 0.00259. The van der Waals surface area contributed by atoms with E-state index < -0.39 is 0 Å². The SMILES string of the molecule is C[C@@H]1CCC[C@@H](C)N1C(=O)N(CCO)CCCO. The Morgan fingerprint density at radius 1 is 1.17 bits per heavy atom. The highest BCUT2D eigenvalue weighted by Gasteiger charge is 2.31. The van der Waals surface area contributed by atoms with Crippen molar-refractivity contribution in [2.45, 2.75) is 51.6 Å². The first-order valence-corrected chi connectivity index (χ1v) is 6.90. The zero-order valence-electron chi connectivity index (χ0n) is 11.5. The molecule has 0 radical (unpaired) electrons. The first kappa shape index (κ1) is 15.2. The Labute approximate surface area is 109 Å². The third-order valence-corrected chi connectivity index (χ3v) is 3.64. The van der Waals surface area contributed by atoms with E-state index in [1.54, 1.807) is 4.90 Å². The van der Waals surface area contributed by atoms with Crippen LogP contribution in [0.2, 0.25) is 0 Å². The summed E-state index contributed by atoms with van der Waals surface area (Å²) >= 11 is 0. The highest BCUT2D eigenvalue weighted by atomic mass is 16.3. The minimum Gasteiger partial charge on any atom is -0.396 e. The first-order valence-electron chi connectivity index (χ1n) is 6.90. The van der Waals surface area contributed by atoms with Crippen LogP contribution in [-0.2, 0) is 0 Å². The van der Waals surface area contributed by atoms with Crippen molar-refractivity contribution in [3.05, 3.63) is 0 Å². The molecule has 0 aliphatic carbocycles. The molecule has 1 fully saturated rings. The molecule has 0 saturated carbocycles. The van der Waals surface area contributed by atoms with Crippen LogP contribution in [0, 0.1) is 0 Å². The maximum absolute atomic E-state index is 12.5. The molecule has 0 bridgehead atoms. The lowest BCUT2D eigenvalue weighted by molar-refractivity contribution is 0.0844. The van der Waals surface area contributed by atoms with Crippen molar-refractivity contribution in [3.8, 4) is 0 Å². The number of hydrogen-bond acceptors (Lipinski definition) is 3. The normalized spacial score (nSPS) is 24.1. The average molecular weight is 258 g/mol. The smallest absolute Gasteiger partial charge is 0.320 e. The number of piperidine rings is 1. The Hall–Kier alpha value is -0.810. The summed E-state index contributed by atoms with van der Waals surface area (Å²) in [6, 6.07) is 0.519. The molecule has 1 heterocycles. The predicted octanol–water partition coefficient (Wildman–Crippen LogP) is 1.05. The van der Waals surface area contributed by atoms with Crippen LogP contribution in [0.3, 0.4) is 0 Å². The van der Waals surface area contributed by atoms with Crippen LogP contribution in [0.1, 0.15) is 39.5 Å². The highest BCUT2D eigenvalue weighted by Crippen LogP contribution is 2.23. The van der Waals surface area contributed by atoms with E-state index >= 15 is 0 Å². The lowest BCUT2D eigenvalue weighted by Crippen LogP contribution is -2.53. The van der Waals surface area contributed by atoms with E-state index in [1.807, 2.05) is 4.90 Å². The summed E-state index contributed by atoms with van der Waals surface area (Å²) in [7, 11) is 0. The second kappa shape index (κ2) is 7.59. The van der Waals surface area contributed by atoms with E-state index in [0.29, 0.717) is 19.5 Å². The summed E-state index contributed by atoms with van der Waals surface area (Å²) in [5.41, 5.74) is 0. The Morgan fingerprint density at radius 2 is 1.78 bits per heavy atom. The molecule has 2 atom stereocenters. The van der Waals surface area contributed by atoms with E-state index in [-0.39, 0.29) is 31.3 Å². The molecule has 0 unspecified atom stereocenters. The summed E-state index contributed by atoms with van der Waals surface area (Å²) in [5.74, 6) is 0. The summed E-state index contributed by atoms with van der Waals surface area (Å²) in [4.78, 5) is 16.0. The van der Waals surface area contributed by atoms with E-state index in [1.165, 1.54) is 6.42 Å². The van der Waals surface area contributed by atoms with Gasteiger partial charge in [-0.1, -0.05) is 0 Å². The summed E-state index contributed by atoms with van der Waals surface area (Å²) in [6.07, 6.45) is 3.82. The van der Waals surface area contributed by atoms with Crippen LogP contribution in [0.15, 0.2) is 0 Å². The van der Waals surface area contributed by atoms with Crippen LogP contribution in [-0.4, -0.2) is 64.4 Å². The fourth-order valence-corrected chi connectivity index (χ4v) is 2.65. The van der Waals surface area contributed by atoms with Crippen LogP contribution in [0.5, 0.6) is 0 Å². The van der Waals surface area contributed by atoms with Crippen molar-refractivity contribution in [2.75, 3.05) is 26.3 Å². The topological polar surface area (TPSA) is 64.0 Å². The van der Waals surface area contributed by atoms with Gasteiger partial charge in [0.25, 0.3) is 0 Å². The minimum atomic E-state index is -0.0340. The van der Waals surface area contributed by atoms with E-state index in [0.717, 1.165) is 12.8 Å². The molecule has 2 amide bonds. The quantitative estimate of drug-likeness (QED) is 0.774. The molecule has 1 aliphatic rings. The average Bonchev–Trinajstić information content (AvgIpc) is 2.34. The van der Waals surface area contributed by atoms with Crippen LogP contribution in [0.25, 0.3) is 0 Å². The second-order valence-corrected chi connectivity index (χ2v) is 5.11. The molecule has 0 aromatic heterocycles. The Morgan fingerprint density at radius 3 is 2.28 bits per heavy atom. The Kier molecular flexibility index (Phi) is 6.43. The molecule has 1 rings (SSSR count). The van der Waals surface area contributed by atoms with Gasteiger partial charge < -0.3 is 20.0 Å². The maximum atomic E-state index is 12.5. The van der Waals surface area contributed by atoms with Gasteiger partial charge in [0.2, 0.25) is 0 Å². The summed E-state index contributed by atoms with van der Waals surface area (Å²) in [5, 5.41) is 17.9. The van der Waals surface area contributed by atoms with Crippen LogP contribution < -0.4 is 0 Å². The van der Waals surface area contributed by atoms with Crippen molar-refractivity contribution >= 4 is 6.03 Å². The number of aliphatic hydroxyl groups excluding tert-OH is 2. The third-order valence-electron chi connectivity index (χ3n) is 3.64. The summed E-state index contributed by atoms with van der Waals surface area (Å²) in [6.45, 7) is 5.04. The summed E-state index contributed by atoms with van der Waals surface area (Å²) < 4.78 is 0.